The minimum absolute atomic E-state index is 0.168. The van der Waals surface area contributed by atoms with E-state index in [9.17, 15) is 0 Å². The molecule has 0 bridgehead atoms. The van der Waals surface area contributed by atoms with Crippen LogP contribution in [-0.4, -0.2) is 20.2 Å². The first-order chi connectivity index (χ1) is 10.9. The van der Waals surface area contributed by atoms with Gasteiger partial charge in [0.15, 0.2) is 6.61 Å². The van der Waals surface area contributed by atoms with Gasteiger partial charge in [0.05, 0.1) is 5.39 Å². The molecule has 0 saturated heterocycles. The van der Waals surface area contributed by atoms with Crippen LogP contribution >= 0.6 is 11.3 Å². The van der Waals surface area contributed by atoms with E-state index < -0.39 is 0 Å². The minimum atomic E-state index is 0.168. The molecule has 0 fully saturated rings. The van der Waals surface area contributed by atoms with Crippen LogP contribution in [-0.2, 0) is 6.61 Å². The highest BCUT2D eigenvalue weighted by molar-refractivity contribution is 7.16. The van der Waals surface area contributed by atoms with E-state index in [0.717, 1.165) is 15.8 Å². The van der Waals surface area contributed by atoms with E-state index in [1.54, 1.807) is 11.3 Å². The molecule has 22 heavy (non-hydrogen) atoms. The average Bonchev–Trinajstić information content (AvgIpc) is 3.23. The lowest BCUT2D eigenvalue weighted by molar-refractivity contribution is 0.258. The molecule has 1 aromatic carbocycles. The molecule has 7 heteroatoms. The molecule has 0 amide bonds. The van der Waals surface area contributed by atoms with Crippen LogP contribution in [0.5, 0.6) is 5.88 Å². The molecular weight excluding hydrogens is 300 g/mol. The van der Waals surface area contributed by atoms with Crippen LogP contribution in [0, 0.1) is 0 Å². The van der Waals surface area contributed by atoms with E-state index in [0.29, 0.717) is 17.7 Å². The van der Waals surface area contributed by atoms with Gasteiger partial charge in [-0.05, 0) is 23.6 Å². The number of hydrogen-bond acceptors (Lipinski definition) is 7. The van der Waals surface area contributed by atoms with E-state index in [-0.39, 0.29) is 6.61 Å². The van der Waals surface area contributed by atoms with E-state index in [1.165, 1.54) is 6.33 Å². The highest BCUT2D eigenvalue weighted by Crippen LogP contribution is 2.26. The molecule has 0 aliphatic rings. The first-order valence-corrected chi connectivity index (χ1v) is 7.47. The Kier molecular flexibility index (Phi) is 3.24. The molecule has 0 unspecified atom stereocenters. The normalized spacial score (nSPS) is 10.9. The van der Waals surface area contributed by atoms with Crippen molar-refractivity contribution < 1.29 is 9.15 Å². The second-order valence-corrected chi connectivity index (χ2v) is 5.37. The van der Waals surface area contributed by atoms with Crippen molar-refractivity contribution in [3.8, 4) is 17.3 Å². The SMILES string of the molecule is c1ccc(-c2nnc(COc3ncnc4sccc34)o2)cc1. The molecule has 0 saturated carbocycles. The number of nitrogens with zero attached hydrogens (tertiary/aromatic N) is 4. The maximum Gasteiger partial charge on any atom is 0.254 e. The van der Waals surface area contributed by atoms with Crippen molar-refractivity contribution >= 4 is 21.6 Å². The Morgan fingerprint density at radius 3 is 2.86 bits per heavy atom. The fourth-order valence-electron chi connectivity index (χ4n) is 2.02. The molecule has 0 radical (unpaired) electrons. The van der Waals surface area contributed by atoms with Gasteiger partial charge >= 0.3 is 0 Å². The number of benzene rings is 1. The van der Waals surface area contributed by atoms with Crippen LogP contribution in [0.2, 0.25) is 0 Å². The Hall–Kier alpha value is -2.80. The second-order valence-electron chi connectivity index (χ2n) is 4.47. The van der Waals surface area contributed by atoms with Gasteiger partial charge in [-0.15, -0.1) is 21.5 Å². The van der Waals surface area contributed by atoms with E-state index in [1.807, 2.05) is 41.8 Å². The van der Waals surface area contributed by atoms with Gasteiger partial charge in [-0.2, -0.15) is 0 Å². The first kappa shape index (κ1) is 12.9. The Balaban J connectivity index is 1.53. The third-order valence-electron chi connectivity index (χ3n) is 3.05. The van der Waals surface area contributed by atoms with Crippen LogP contribution < -0.4 is 4.74 Å². The quantitative estimate of drug-likeness (QED) is 0.575. The zero-order chi connectivity index (χ0) is 14.8. The molecule has 0 atom stereocenters. The molecule has 3 heterocycles. The molecule has 3 aromatic heterocycles. The van der Waals surface area contributed by atoms with Gasteiger partial charge in [0.25, 0.3) is 5.89 Å². The number of rotatable bonds is 4. The molecule has 0 spiro atoms. The lowest BCUT2D eigenvalue weighted by atomic mass is 10.2. The standard InChI is InChI=1S/C15H10N4O2S/c1-2-4-10(5-3-1)13-19-18-12(21-13)8-20-14-11-6-7-22-15(11)17-9-16-14/h1-7,9H,8H2. The fourth-order valence-corrected chi connectivity index (χ4v) is 2.75. The molecule has 108 valence electrons. The van der Waals surface area contributed by atoms with Gasteiger partial charge in [-0.25, -0.2) is 9.97 Å². The van der Waals surface area contributed by atoms with Gasteiger partial charge in [0.1, 0.15) is 11.2 Å². The van der Waals surface area contributed by atoms with Crippen LogP contribution in [0.1, 0.15) is 5.89 Å². The summed E-state index contributed by atoms with van der Waals surface area (Å²) in [5, 5.41) is 10.9. The van der Waals surface area contributed by atoms with Crippen molar-refractivity contribution in [3.63, 3.8) is 0 Å². The zero-order valence-electron chi connectivity index (χ0n) is 11.3. The van der Waals surface area contributed by atoms with Crippen molar-refractivity contribution in [1.82, 2.24) is 20.2 Å². The summed E-state index contributed by atoms with van der Waals surface area (Å²) in [4.78, 5) is 9.21. The second kappa shape index (κ2) is 5.53. The highest BCUT2D eigenvalue weighted by Gasteiger charge is 2.11. The lowest BCUT2D eigenvalue weighted by Crippen LogP contribution is -1.98. The number of ether oxygens (including phenoxy) is 1. The molecule has 0 aliphatic carbocycles. The summed E-state index contributed by atoms with van der Waals surface area (Å²) in [6.45, 7) is 0.168. The number of fused-ring (bicyclic) bond motifs is 1. The van der Waals surface area contributed by atoms with Crippen molar-refractivity contribution in [2.75, 3.05) is 0 Å². The summed E-state index contributed by atoms with van der Waals surface area (Å²) in [7, 11) is 0. The predicted octanol–water partition coefficient (Wildman–Crippen LogP) is 3.32. The van der Waals surface area contributed by atoms with E-state index in [2.05, 4.69) is 20.2 Å². The Labute approximate surface area is 129 Å². The Morgan fingerprint density at radius 2 is 1.95 bits per heavy atom. The fraction of sp³-hybridized carbons (Fsp3) is 0.0667. The maximum absolute atomic E-state index is 5.67. The molecule has 4 aromatic rings. The van der Waals surface area contributed by atoms with Gasteiger partial charge < -0.3 is 9.15 Å². The van der Waals surface area contributed by atoms with Crippen molar-refractivity contribution in [2.24, 2.45) is 0 Å². The van der Waals surface area contributed by atoms with Crippen molar-refractivity contribution in [1.29, 1.82) is 0 Å². The highest BCUT2D eigenvalue weighted by atomic mass is 32.1. The van der Waals surface area contributed by atoms with E-state index in [4.69, 9.17) is 9.15 Å². The molecular formula is C15H10N4O2S. The summed E-state index contributed by atoms with van der Waals surface area (Å²) in [6.07, 6.45) is 1.48. The lowest BCUT2D eigenvalue weighted by Gasteiger charge is -2.02. The number of hydrogen-bond donors (Lipinski definition) is 0. The summed E-state index contributed by atoms with van der Waals surface area (Å²) in [6, 6.07) is 11.5. The van der Waals surface area contributed by atoms with Crippen LogP contribution in [0.15, 0.2) is 52.5 Å². The third-order valence-corrected chi connectivity index (χ3v) is 3.87. The van der Waals surface area contributed by atoms with Crippen LogP contribution in [0.4, 0.5) is 0 Å². The molecule has 4 rings (SSSR count). The van der Waals surface area contributed by atoms with Crippen molar-refractivity contribution in [3.05, 3.63) is 54.0 Å². The average molecular weight is 310 g/mol. The van der Waals surface area contributed by atoms with Gasteiger partial charge in [0.2, 0.25) is 11.8 Å². The third kappa shape index (κ3) is 2.42. The number of thiophene rings is 1. The van der Waals surface area contributed by atoms with Gasteiger partial charge in [-0.3, -0.25) is 0 Å². The number of aromatic nitrogens is 4. The van der Waals surface area contributed by atoms with Gasteiger partial charge in [-0.1, -0.05) is 18.2 Å². The van der Waals surface area contributed by atoms with Crippen LogP contribution in [0.3, 0.4) is 0 Å². The maximum atomic E-state index is 5.67. The Morgan fingerprint density at radius 1 is 1.05 bits per heavy atom. The zero-order valence-corrected chi connectivity index (χ0v) is 12.2. The topological polar surface area (TPSA) is 73.9 Å². The summed E-state index contributed by atoms with van der Waals surface area (Å²) < 4.78 is 11.3. The summed E-state index contributed by atoms with van der Waals surface area (Å²) in [5.41, 5.74) is 0.878. The molecule has 6 nitrogen and oxygen atoms in total. The first-order valence-electron chi connectivity index (χ1n) is 6.59. The summed E-state index contributed by atoms with van der Waals surface area (Å²) >= 11 is 1.54. The molecule has 0 N–H and O–H groups in total. The van der Waals surface area contributed by atoms with Crippen molar-refractivity contribution in [2.45, 2.75) is 6.61 Å². The Bertz CT molecular complexity index is 904. The predicted molar refractivity (Wildman–Crippen MR) is 81.5 cm³/mol. The monoisotopic (exact) mass is 310 g/mol. The van der Waals surface area contributed by atoms with E-state index >= 15 is 0 Å². The molecule has 0 aliphatic heterocycles. The summed E-state index contributed by atoms with van der Waals surface area (Å²) in [5.74, 6) is 1.40. The minimum Gasteiger partial charge on any atom is -0.467 e. The smallest absolute Gasteiger partial charge is 0.254 e. The van der Waals surface area contributed by atoms with Gasteiger partial charge in [0, 0.05) is 5.56 Å². The largest absolute Gasteiger partial charge is 0.467 e. The van der Waals surface area contributed by atoms with Crippen LogP contribution in [0.25, 0.3) is 21.7 Å².